The quantitative estimate of drug-likeness (QED) is 0.646. The third kappa shape index (κ3) is 4.70. The van der Waals surface area contributed by atoms with Gasteiger partial charge in [-0.15, -0.1) is 11.8 Å². The summed E-state index contributed by atoms with van der Waals surface area (Å²) < 4.78 is 18.6. The van der Waals surface area contributed by atoms with E-state index in [9.17, 15) is 9.18 Å². The highest BCUT2D eigenvalue weighted by molar-refractivity contribution is 7.98. The standard InChI is InChI=1S/C19H17FN2O2S/c1-25-16-4-2-3-15(11-16)22-18(23)9-10-19-21-12-17(24-19)13-5-7-14(20)8-6-13/h2-8,11-12H,9-10H2,1H3,(H,22,23). The fraction of sp³-hybridized carbons (Fsp3) is 0.158. The Bertz CT molecular complexity index is 862. The maximum atomic E-state index is 13.0. The average molecular weight is 356 g/mol. The predicted octanol–water partition coefficient (Wildman–Crippen LogP) is 4.77. The van der Waals surface area contributed by atoms with Crippen molar-refractivity contribution in [3.8, 4) is 11.3 Å². The fourth-order valence-corrected chi connectivity index (χ4v) is 2.78. The molecule has 0 aliphatic carbocycles. The van der Waals surface area contributed by atoms with Gasteiger partial charge in [0.15, 0.2) is 11.7 Å². The van der Waals surface area contributed by atoms with E-state index in [1.54, 1.807) is 30.1 Å². The lowest BCUT2D eigenvalue weighted by Crippen LogP contribution is -2.12. The molecule has 0 fully saturated rings. The third-order valence-electron chi connectivity index (χ3n) is 3.60. The number of carbonyl (C=O) groups is 1. The van der Waals surface area contributed by atoms with E-state index in [0.717, 1.165) is 16.1 Å². The van der Waals surface area contributed by atoms with E-state index in [-0.39, 0.29) is 18.1 Å². The van der Waals surface area contributed by atoms with Crippen LogP contribution < -0.4 is 5.32 Å². The molecule has 0 aliphatic heterocycles. The number of halogens is 1. The summed E-state index contributed by atoms with van der Waals surface area (Å²) in [4.78, 5) is 17.3. The van der Waals surface area contributed by atoms with Crippen LogP contribution in [-0.2, 0) is 11.2 Å². The van der Waals surface area contributed by atoms with Gasteiger partial charge in [0, 0.05) is 29.0 Å². The smallest absolute Gasteiger partial charge is 0.224 e. The highest BCUT2D eigenvalue weighted by atomic mass is 32.2. The van der Waals surface area contributed by atoms with Crippen molar-refractivity contribution in [3.63, 3.8) is 0 Å². The molecular weight excluding hydrogens is 339 g/mol. The molecule has 1 N–H and O–H groups in total. The fourth-order valence-electron chi connectivity index (χ4n) is 2.32. The lowest BCUT2D eigenvalue weighted by atomic mass is 10.2. The molecule has 0 saturated carbocycles. The number of thioether (sulfide) groups is 1. The van der Waals surface area contributed by atoms with Crippen molar-refractivity contribution in [1.82, 2.24) is 4.98 Å². The molecule has 0 radical (unpaired) electrons. The Morgan fingerprint density at radius 1 is 1.24 bits per heavy atom. The number of amides is 1. The summed E-state index contributed by atoms with van der Waals surface area (Å²) >= 11 is 1.62. The number of anilines is 1. The number of nitrogens with one attached hydrogen (secondary N) is 1. The number of rotatable bonds is 6. The number of benzene rings is 2. The summed E-state index contributed by atoms with van der Waals surface area (Å²) in [5, 5.41) is 2.87. The third-order valence-corrected chi connectivity index (χ3v) is 4.33. The van der Waals surface area contributed by atoms with Crippen LogP contribution in [0.25, 0.3) is 11.3 Å². The molecule has 6 heteroatoms. The van der Waals surface area contributed by atoms with Gasteiger partial charge in [-0.05, 0) is 48.7 Å². The van der Waals surface area contributed by atoms with E-state index >= 15 is 0 Å². The summed E-state index contributed by atoms with van der Waals surface area (Å²) in [7, 11) is 0. The summed E-state index contributed by atoms with van der Waals surface area (Å²) in [5.74, 6) is 0.640. The molecule has 1 amide bonds. The second-order valence-electron chi connectivity index (χ2n) is 5.41. The van der Waals surface area contributed by atoms with E-state index in [2.05, 4.69) is 10.3 Å². The van der Waals surface area contributed by atoms with Gasteiger partial charge in [-0.3, -0.25) is 4.79 Å². The van der Waals surface area contributed by atoms with Gasteiger partial charge in [0.25, 0.3) is 0 Å². The Morgan fingerprint density at radius 2 is 2.04 bits per heavy atom. The molecule has 3 aromatic rings. The van der Waals surface area contributed by atoms with Gasteiger partial charge in [0.05, 0.1) is 6.20 Å². The number of carbonyl (C=O) groups excluding carboxylic acids is 1. The van der Waals surface area contributed by atoms with E-state index in [0.29, 0.717) is 18.1 Å². The molecule has 0 bridgehead atoms. The van der Waals surface area contributed by atoms with Crippen LogP contribution in [-0.4, -0.2) is 17.1 Å². The second kappa shape index (κ2) is 7.98. The van der Waals surface area contributed by atoms with Crippen LogP contribution in [0.4, 0.5) is 10.1 Å². The molecule has 0 spiro atoms. The molecule has 1 heterocycles. The first-order valence-corrected chi connectivity index (χ1v) is 9.01. The van der Waals surface area contributed by atoms with Crippen LogP contribution >= 0.6 is 11.8 Å². The predicted molar refractivity (Wildman–Crippen MR) is 97.1 cm³/mol. The van der Waals surface area contributed by atoms with Gasteiger partial charge >= 0.3 is 0 Å². The molecule has 0 saturated heterocycles. The molecule has 4 nitrogen and oxygen atoms in total. The zero-order valence-electron chi connectivity index (χ0n) is 13.7. The minimum atomic E-state index is -0.300. The Balaban J connectivity index is 1.56. The van der Waals surface area contributed by atoms with Gasteiger partial charge in [0.2, 0.25) is 5.91 Å². The number of hydrogen-bond donors (Lipinski definition) is 1. The zero-order valence-corrected chi connectivity index (χ0v) is 14.5. The molecular formula is C19H17FN2O2S. The average Bonchev–Trinajstić information content (AvgIpc) is 3.10. The van der Waals surface area contributed by atoms with Crippen molar-refractivity contribution >= 4 is 23.4 Å². The highest BCUT2D eigenvalue weighted by Gasteiger charge is 2.09. The number of aromatic nitrogens is 1. The Morgan fingerprint density at radius 3 is 2.80 bits per heavy atom. The van der Waals surface area contributed by atoms with E-state index < -0.39 is 0 Å². The summed E-state index contributed by atoms with van der Waals surface area (Å²) in [6, 6.07) is 13.7. The van der Waals surface area contributed by atoms with Crippen LogP contribution in [0.5, 0.6) is 0 Å². The summed E-state index contributed by atoms with van der Waals surface area (Å²) in [5.41, 5.74) is 1.52. The molecule has 1 aromatic heterocycles. The second-order valence-corrected chi connectivity index (χ2v) is 6.28. The maximum Gasteiger partial charge on any atom is 0.224 e. The monoisotopic (exact) mass is 356 g/mol. The van der Waals surface area contributed by atoms with Gasteiger partial charge in [-0.1, -0.05) is 6.07 Å². The Hall–Kier alpha value is -2.60. The van der Waals surface area contributed by atoms with Gasteiger partial charge in [-0.25, -0.2) is 9.37 Å². The van der Waals surface area contributed by atoms with Crippen molar-refractivity contribution in [2.45, 2.75) is 17.7 Å². The van der Waals surface area contributed by atoms with E-state index in [1.807, 2.05) is 30.5 Å². The number of oxazole rings is 1. The van der Waals surface area contributed by atoms with Crippen LogP contribution in [0.15, 0.2) is 64.0 Å². The SMILES string of the molecule is CSc1cccc(NC(=O)CCc2ncc(-c3ccc(F)cc3)o2)c1. The first kappa shape index (κ1) is 17.2. The topological polar surface area (TPSA) is 55.1 Å². The minimum Gasteiger partial charge on any atom is -0.441 e. The van der Waals surface area contributed by atoms with Crippen LogP contribution in [0, 0.1) is 5.82 Å². The van der Waals surface area contributed by atoms with Gasteiger partial charge in [-0.2, -0.15) is 0 Å². The van der Waals surface area contributed by atoms with E-state index in [4.69, 9.17) is 4.42 Å². The van der Waals surface area contributed by atoms with E-state index in [1.165, 1.54) is 12.1 Å². The first-order valence-electron chi connectivity index (χ1n) is 7.78. The molecule has 2 aromatic carbocycles. The number of hydrogen-bond acceptors (Lipinski definition) is 4. The van der Waals surface area contributed by atoms with Crippen molar-refractivity contribution in [2.75, 3.05) is 11.6 Å². The highest BCUT2D eigenvalue weighted by Crippen LogP contribution is 2.22. The number of nitrogens with zero attached hydrogens (tertiary/aromatic N) is 1. The van der Waals surface area contributed by atoms with Gasteiger partial charge < -0.3 is 9.73 Å². The lowest BCUT2D eigenvalue weighted by molar-refractivity contribution is -0.116. The lowest BCUT2D eigenvalue weighted by Gasteiger charge is -2.05. The van der Waals surface area contributed by atoms with Crippen molar-refractivity contribution < 1.29 is 13.6 Å². The molecule has 128 valence electrons. The minimum absolute atomic E-state index is 0.0974. The molecule has 0 unspecified atom stereocenters. The number of aryl methyl sites for hydroxylation is 1. The normalized spacial score (nSPS) is 10.6. The molecule has 0 aliphatic rings. The van der Waals surface area contributed by atoms with Crippen molar-refractivity contribution in [1.29, 1.82) is 0 Å². The van der Waals surface area contributed by atoms with Gasteiger partial charge in [0.1, 0.15) is 5.82 Å². The van der Waals surface area contributed by atoms with Crippen LogP contribution in [0.1, 0.15) is 12.3 Å². The Labute approximate surface area is 149 Å². The Kier molecular flexibility index (Phi) is 5.50. The van der Waals surface area contributed by atoms with Crippen LogP contribution in [0.2, 0.25) is 0 Å². The summed E-state index contributed by atoms with van der Waals surface area (Å²) in [6.45, 7) is 0. The van der Waals surface area contributed by atoms with Crippen molar-refractivity contribution in [2.24, 2.45) is 0 Å². The largest absolute Gasteiger partial charge is 0.441 e. The zero-order chi connectivity index (χ0) is 17.6. The summed E-state index contributed by atoms with van der Waals surface area (Å²) in [6.07, 6.45) is 4.24. The van der Waals surface area contributed by atoms with Crippen LogP contribution in [0.3, 0.4) is 0 Å². The molecule has 25 heavy (non-hydrogen) atoms. The maximum absolute atomic E-state index is 13.0. The first-order chi connectivity index (χ1) is 12.1. The molecule has 0 atom stereocenters. The van der Waals surface area contributed by atoms with Crippen molar-refractivity contribution in [3.05, 3.63) is 66.4 Å². The molecule has 3 rings (SSSR count).